The molecule has 0 heterocycles. The summed E-state index contributed by atoms with van der Waals surface area (Å²) in [5.41, 5.74) is 4.32. The Morgan fingerprint density at radius 1 is 1.55 bits per heavy atom. The predicted molar refractivity (Wildman–Crippen MR) is 73.3 cm³/mol. The molecule has 1 aromatic rings. The number of ether oxygens (including phenoxy) is 1. The first-order valence-corrected chi connectivity index (χ1v) is 6.71. The van der Waals surface area contributed by atoms with E-state index >= 15 is 0 Å². The number of hydrogen-bond acceptors (Lipinski definition) is 5. The van der Waals surface area contributed by atoms with Crippen molar-refractivity contribution in [3.05, 3.63) is 39.4 Å². The lowest BCUT2D eigenvalue weighted by molar-refractivity contribution is -0.385. The van der Waals surface area contributed by atoms with Crippen molar-refractivity contribution in [1.29, 1.82) is 5.26 Å². The molecule has 0 unspecified atom stereocenters. The van der Waals surface area contributed by atoms with Crippen LogP contribution in [0.5, 0.6) is 0 Å². The van der Waals surface area contributed by atoms with Gasteiger partial charge in [-0.2, -0.15) is 5.26 Å². The fraction of sp³-hybridized carbons (Fsp3) is 0.500. The van der Waals surface area contributed by atoms with Gasteiger partial charge in [-0.3, -0.25) is 10.1 Å². The summed E-state index contributed by atoms with van der Waals surface area (Å²) >= 11 is 0. The van der Waals surface area contributed by atoms with E-state index in [1.807, 2.05) is 0 Å². The van der Waals surface area contributed by atoms with Gasteiger partial charge < -0.3 is 10.5 Å². The van der Waals surface area contributed by atoms with Crippen LogP contribution in [0.1, 0.15) is 24.0 Å². The lowest BCUT2D eigenvalue weighted by atomic mass is 9.73. The second-order valence-corrected chi connectivity index (χ2v) is 5.28. The number of alkyl halides is 2. The van der Waals surface area contributed by atoms with Crippen LogP contribution in [-0.2, 0) is 16.7 Å². The number of nitrogens with zero attached hydrogens (tertiary/aromatic N) is 2. The second kappa shape index (κ2) is 5.94. The van der Waals surface area contributed by atoms with E-state index < -0.39 is 29.6 Å². The van der Waals surface area contributed by atoms with Gasteiger partial charge in [0.1, 0.15) is 18.8 Å². The number of rotatable bonds is 5. The molecule has 22 heavy (non-hydrogen) atoms. The average Bonchev–Trinajstić information content (AvgIpc) is 2.47. The number of hydrogen-bond donors (Lipinski definition) is 1. The van der Waals surface area contributed by atoms with Crippen molar-refractivity contribution in [2.24, 2.45) is 5.73 Å². The number of halogens is 2. The molecule has 8 heteroatoms. The maximum Gasteiger partial charge on any atom is 0.292 e. The molecule has 0 amide bonds. The Bertz CT molecular complexity index is 630. The molecule has 1 atom stereocenters. The molecule has 0 fully saturated rings. The molecule has 6 nitrogen and oxygen atoms in total. The third kappa shape index (κ3) is 2.77. The van der Waals surface area contributed by atoms with E-state index in [0.29, 0.717) is 18.4 Å². The summed E-state index contributed by atoms with van der Waals surface area (Å²) in [4.78, 5) is 10.2. The Morgan fingerprint density at radius 3 is 2.91 bits per heavy atom. The lowest BCUT2D eigenvalue weighted by Crippen LogP contribution is -2.56. The number of aryl methyl sites for hydroxylation is 1. The number of benzene rings is 1. The van der Waals surface area contributed by atoms with Crippen molar-refractivity contribution in [3.8, 4) is 6.07 Å². The van der Waals surface area contributed by atoms with Crippen LogP contribution in [0.4, 0.5) is 14.5 Å². The topological polar surface area (TPSA) is 102 Å². The second-order valence-electron chi connectivity index (χ2n) is 5.28. The highest BCUT2D eigenvalue weighted by Gasteiger charge is 2.54. The normalized spacial score (nSPS) is 21.0. The first kappa shape index (κ1) is 16.3. The summed E-state index contributed by atoms with van der Waals surface area (Å²) in [6.45, 7) is -1.47. The largest absolute Gasteiger partial charge is 0.360 e. The number of nitro groups is 1. The van der Waals surface area contributed by atoms with Gasteiger partial charge in [-0.15, -0.1) is 0 Å². The van der Waals surface area contributed by atoms with Crippen molar-refractivity contribution in [2.75, 3.05) is 13.2 Å². The van der Waals surface area contributed by atoms with Crippen LogP contribution in [0, 0.1) is 21.4 Å². The summed E-state index contributed by atoms with van der Waals surface area (Å²) in [5.74, 6) is -3.44. The average molecular weight is 311 g/mol. The van der Waals surface area contributed by atoms with Gasteiger partial charge in [0.05, 0.1) is 11.0 Å². The Labute approximate surface area is 125 Å². The van der Waals surface area contributed by atoms with E-state index in [1.54, 1.807) is 6.07 Å². The van der Waals surface area contributed by atoms with Crippen molar-refractivity contribution in [1.82, 2.24) is 0 Å². The lowest BCUT2D eigenvalue weighted by Gasteiger charge is -2.41. The molecule has 2 rings (SSSR count). The van der Waals surface area contributed by atoms with Gasteiger partial charge in [0.15, 0.2) is 0 Å². The molecule has 0 saturated carbocycles. The van der Waals surface area contributed by atoms with Gasteiger partial charge in [-0.25, -0.2) is 8.78 Å². The minimum Gasteiger partial charge on any atom is -0.360 e. The number of nitro benzene ring substituents is 1. The molecule has 0 bridgehead atoms. The van der Waals surface area contributed by atoms with E-state index in [2.05, 4.69) is 4.74 Å². The Hall–Kier alpha value is -2.11. The Kier molecular flexibility index (Phi) is 4.39. The third-order valence-corrected chi connectivity index (χ3v) is 3.90. The zero-order valence-corrected chi connectivity index (χ0v) is 11.7. The van der Waals surface area contributed by atoms with Crippen LogP contribution in [0.15, 0.2) is 18.2 Å². The molecule has 0 saturated heterocycles. The number of fused-ring (bicyclic) bond motifs is 1. The van der Waals surface area contributed by atoms with Gasteiger partial charge in [0.2, 0.25) is 0 Å². The highest BCUT2D eigenvalue weighted by molar-refractivity contribution is 5.46. The highest BCUT2D eigenvalue weighted by atomic mass is 19.3. The minimum absolute atomic E-state index is 0.00984. The number of non-ortho nitro benzene ring substituents is 1. The molecule has 1 aromatic carbocycles. The molecule has 0 aromatic heterocycles. The van der Waals surface area contributed by atoms with Crippen LogP contribution in [0.25, 0.3) is 0 Å². The maximum absolute atomic E-state index is 14.5. The van der Waals surface area contributed by atoms with E-state index in [0.717, 1.165) is 6.07 Å². The van der Waals surface area contributed by atoms with Crippen LogP contribution >= 0.6 is 0 Å². The van der Waals surface area contributed by atoms with Crippen LogP contribution in [0.3, 0.4) is 0 Å². The summed E-state index contributed by atoms with van der Waals surface area (Å²) < 4.78 is 33.6. The SMILES string of the molecule is N#CCOCC(F)(F)[C@@]1(N)CCCc2ccc([N+](=O)[O-])cc21. The zero-order chi connectivity index (χ0) is 16.4. The fourth-order valence-corrected chi connectivity index (χ4v) is 2.74. The molecular formula is C14H15F2N3O3. The Balaban J connectivity index is 2.42. The van der Waals surface area contributed by atoms with E-state index in [9.17, 15) is 18.9 Å². The van der Waals surface area contributed by atoms with Crippen LogP contribution < -0.4 is 5.73 Å². The van der Waals surface area contributed by atoms with Gasteiger partial charge in [-0.05, 0) is 30.4 Å². The van der Waals surface area contributed by atoms with Gasteiger partial charge in [0, 0.05) is 12.1 Å². The highest BCUT2D eigenvalue weighted by Crippen LogP contribution is 2.45. The van der Waals surface area contributed by atoms with E-state index in [4.69, 9.17) is 11.0 Å². The van der Waals surface area contributed by atoms with Gasteiger partial charge >= 0.3 is 0 Å². The molecule has 0 aliphatic heterocycles. The van der Waals surface area contributed by atoms with Gasteiger partial charge in [-0.1, -0.05) is 6.07 Å². The quantitative estimate of drug-likeness (QED) is 0.510. The standard InChI is InChI=1S/C14H15F2N3O3/c15-14(16,9-22-7-6-17)13(18)5-1-2-10-3-4-11(19(20)21)8-12(10)13/h3-4,8H,1-2,5,7,9,18H2/t13-/m1/s1. The summed E-state index contributed by atoms with van der Waals surface area (Å²) in [6.07, 6.45) is 0.987. The molecule has 1 aliphatic rings. The van der Waals surface area contributed by atoms with Crippen LogP contribution in [0.2, 0.25) is 0 Å². The molecule has 1 aliphatic carbocycles. The monoisotopic (exact) mass is 311 g/mol. The van der Waals surface area contributed by atoms with Crippen molar-refractivity contribution >= 4 is 5.69 Å². The number of nitrogens with two attached hydrogens (primary N) is 1. The van der Waals surface area contributed by atoms with Crippen molar-refractivity contribution < 1.29 is 18.4 Å². The smallest absolute Gasteiger partial charge is 0.292 e. The maximum atomic E-state index is 14.5. The molecular weight excluding hydrogens is 296 g/mol. The zero-order valence-electron chi connectivity index (χ0n) is 11.7. The van der Waals surface area contributed by atoms with E-state index in [1.165, 1.54) is 12.1 Å². The molecule has 118 valence electrons. The molecule has 0 radical (unpaired) electrons. The van der Waals surface area contributed by atoms with Gasteiger partial charge in [0.25, 0.3) is 11.6 Å². The van der Waals surface area contributed by atoms with Crippen molar-refractivity contribution in [2.45, 2.75) is 30.7 Å². The predicted octanol–water partition coefficient (Wildman–Crippen LogP) is 2.26. The third-order valence-electron chi connectivity index (χ3n) is 3.90. The number of nitriles is 1. The summed E-state index contributed by atoms with van der Waals surface area (Å²) in [5, 5.41) is 19.2. The summed E-state index contributed by atoms with van der Waals surface area (Å²) in [7, 11) is 0. The van der Waals surface area contributed by atoms with E-state index in [-0.39, 0.29) is 17.7 Å². The minimum atomic E-state index is -3.44. The Morgan fingerprint density at radius 2 is 2.27 bits per heavy atom. The summed E-state index contributed by atoms with van der Waals surface area (Å²) in [6, 6.07) is 5.49. The first-order valence-electron chi connectivity index (χ1n) is 6.71. The van der Waals surface area contributed by atoms with Crippen LogP contribution in [-0.4, -0.2) is 24.1 Å². The molecule has 0 spiro atoms. The first-order chi connectivity index (χ1) is 10.3. The fourth-order valence-electron chi connectivity index (χ4n) is 2.74. The molecule has 2 N–H and O–H groups in total. The van der Waals surface area contributed by atoms with Crippen molar-refractivity contribution in [3.63, 3.8) is 0 Å².